The Morgan fingerprint density at radius 1 is 1.80 bits per heavy atom. The maximum Gasteiger partial charge on any atom is 0.107 e. The highest BCUT2D eigenvalue weighted by molar-refractivity contribution is 4.84. The number of ether oxygens (including phenoxy) is 1. The van der Waals surface area contributed by atoms with Crippen LogP contribution in [-0.2, 0) is 4.74 Å². The van der Waals surface area contributed by atoms with Gasteiger partial charge in [-0.3, -0.25) is 0 Å². The Morgan fingerprint density at radius 3 is 3.10 bits per heavy atom. The third-order valence-electron chi connectivity index (χ3n) is 1.75. The smallest absolute Gasteiger partial charge is 0.107 e. The first-order valence-corrected chi connectivity index (χ1v) is 3.56. The van der Waals surface area contributed by atoms with E-state index in [1.807, 2.05) is 0 Å². The second-order valence-corrected chi connectivity index (χ2v) is 2.69. The molecule has 2 nitrogen and oxygen atoms in total. The predicted molar refractivity (Wildman–Crippen MR) is 40.7 cm³/mol. The molecule has 0 radical (unpaired) electrons. The minimum Gasteiger partial charge on any atom is -0.364 e. The van der Waals surface area contributed by atoms with Gasteiger partial charge >= 0.3 is 0 Å². The minimum atomic E-state index is 0.376. The summed E-state index contributed by atoms with van der Waals surface area (Å²) in [5, 5.41) is 0. The summed E-state index contributed by atoms with van der Waals surface area (Å²) in [7, 11) is 2.10. The van der Waals surface area contributed by atoms with Gasteiger partial charge in [0.1, 0.15) is 6.61 Å². The van der Waals surface area contributed by atoms with E-state index in [2.05, 4.69) is 17.9 Å². The summed E-state index contributed by atoms with van der Waals surface area (Å²) < 4.78 is 5.34. The predicted octanol–water partition coefficient (Wildman–Crippen LogP) is 0.340. The van der Waals surface area contributed by atoms with E-state index in [-0.39, 0.29) is 0 Å². The van der Waals surface area contributed by atoms with E-state index in [1.165, 1.54) is 0 Å². The lowest BCUT2D eigenvalue weighted by molar-refractivity contribution is 0.0861. The van der Waals surface area contributed by atoms with Crippen molar-refractivity contribution in [3.05, 3.63) is 0 Å². The average molecular weight is 139 g/mol. The Bertz CT molecular complexity index is 139. The molecule has 1 fully saturated rings. The van der Waals surface area contributed by atoms with E-state index in [1.54, 1.807) is 0 Å². The number of likely N-dealkylation sites (tertiary alicyclic amines) is 1. The molecule has 0 aromatic rings. The van der Waals surface area contributed by atoms with Crippen LogP contribution in [0.4, 0.5) is 0 Å². The van der Waals surface area contributed by atoms with Gasteiger partial charge in [0.05, 0.1) is 6.10 Å². The Labute approximate surface area is 62.2 Å². The third-order valence-corrected chi connectivity index (χ3v) is 1.75. The Kier molecular flexibility index (Phi) is 2.73. The molecule has 1 saturated heterocycles. The van der Waals surface area contributed by atoms with Crippen molar-refractivity contribution in [2.24, 2.45) is 0 Å². The highest BCUT2D eigenvalue weighted by Crippen LogP contribution is 2.09. The van der Waals surface area contributed by atoms with Crippen LogP contribution in [0.2, 0.25) is 0 Å². The number of likely N-dealkylation sites (N-methyl/N-ethyl adjacent to an activating group) is 1. The molecule has 10 heavy (non-hydrogen) atoms. The molecule has 0 aliphatic carbocycles. The second-order valence-electron chi connectivity index (χ2n) is 2.69. The number of nitrogens with zero attached hydrogens (tertiary/aromatic N) is 1. The van der Waals surface area contributed by atoms with Gasteiger partial charge in [-0.15, -0.1) is 6.42 Å². The molecule has 56 valence electrons. The van der Waals surface area contributed by atoms with Crippen LogP contribution < -0.4 is 0 Å². The van der Waals surface area contributed by atoms with Gasteiger partial charge in [0.15, 0.2) is 0 Å². The highest BCUT2D eigenvalue weighted by atomic mass is 16.5. The fourth-order valence-electron chi connectivity index (χ4n) is 1.20. The van der Waals surface area contributed by atoms with E-state index >= 15 is 0 Å². The minimum absolute atomic E-state index is 0.376. The van der Waals surface area contributed by atoms with Crippen LogP contribution in [0.5, 0.6) is 0 Å². The van der Waals surface area contributed by atoms with Crippen molar-refractivity contribution < 1.29 is 4.74 Å². The average Bonchev–Trinajstić information content (AvgIpc) is 2.31. The molecule has 0 spiro atoms. The third kappa shape index (κ3) is 2.02. The molecular formula is C8H13NO. The fraction of sp³-hybridized carbons (Fsp3) is 0.750. The summed E-state index contributed by atoms with van der Waals surface area (Å²) >= 11 is 0. The zero-order valence-electron chi connectivity index (χ0n) is 6.34. The van der Waals surface area contributed by atoms with Crippen LogP contribution in [0.15, 0.2) is 0 Å². The first kappa shape index (κ1) is 7.59. The highest BCUT2D eigenvalue weighted by Gasteiger charge is 2.18. The van der Waals surface area contributed by atoms with Crippen molar-refractivity contribution in [3.63, 3.8) is 0 Å². The summed E-state index contributed by atoms with van der Waals surface area (Å²) in [5.74, 6) is 2.47. The summed E-state index contributed by atoms with van der Waals surface area (Å²) in [4.78, 5) is 2.25. The Morgan fingerprint density at radius 2 is 2.60 bits per heavy atom. The van der Waals surface area contributed by atoms with Gasteiger partial charge in [0.2, 0.25) is 0 Å². The molecule has 0 aromatic heterocycles. The molecule has 0 saturated carbocycles. The number of hydrogen-bond donors (Lipinski definition) is 0. The molecule has 2 heteroatoms. The van der Waals surface area contributed by atoms with Crippen molar-refractivity contribution in [3.8, 4) is 12.3 Å². The molecule has 1 aliphatic rings. The van der Waals surface area contributed by atoms with Crippen molar-refractivity contribution in [2.45, 2.75) is 12.5 Å². The molecule has 1 atom stereocenters. The quantitative estimate of drug-likeness (QED) is 0.511. The summed E-state index contributed by atoms with van der Waals surface area (Å²) in [6, 6.07) is 0. The lowest BCUT2D eigenvalue weighted by Crippen LogP contribution is -2.19. The lowest BCUT2D eigenvalue weighted by atomic mass is 10.3. The summed E-state index contributed by atoms with van der Waals surface area (Å²) in [5.41, 5.74) is 0. The molecule has 1 heterocycles. The topological polar surface area (TPSA) is 12.5 Å². The Hall–Kier alpha value is -0.520. The molecule has 0 aromatic carbocycles. The van der Waals surface area contributed by atoms with Gasteiger partial charge in [-0.2, -0.15) is 0 Å². The number of rotatable bonds is 2. The Balaban J connectivity index is 2.14. The van der Waals surface area contributed by atoms with Gasteiger partial charge in [0, 0.05) is 13.1 Å². The van der Waals surface area contributed by atoms with E-state index < -0.39 is 0 Å². The SMILES string of the molecule is C#CCO[C@@H]1CCN(C)C1. The van der Waals surface area contributed by atoms with E-state index in [0.717, 1.165) is 19.5 Å². The van der Waals surface area contributed by atoms with Crippen LogP contribution in [0.1, 0.15) is 6.42 Å². The fourth-order valence-corrected chi connectivity index (χ4v) is 1.20. The zero-order valence-corrected chi connectivity index (χ0v) is 6.34. The van der Waals surface area contributed by atoms with Crippen LogP contribution >= 0.6 is 0 Å². The second kappa shape index (κ2) is 3.60. The van der Waals surface area contributed by atoms with Gasteiger partial charge in [0.25, 0.3) is 0 Å². The molecule has 0 amide bonds. The van der Waals surface area contributed by atoms with Crippen LogP contribution in [0.25, 0.3) is 0 Å². The number of terminal acetylenes is 1. The zero-order chi connectivity index (χ0) is 7.40. The van der Waals surface area contributed by atoms with Crippen molar-refractivity contribution >= 4 is 0 Å². The van der Waals surface area contributed by atoms with Crippen LogP contribution in [-0.4, -0.2) is 37.7 Å². The molecule has 0 bridgehead atoms. The van der Waals surface area contributed by atoms with Crippen molar-refractivity contribution in [2.75, 3.05) is 26.7 Å². The van der Waals surface area contributed by atoms with Crippen molar-refractivity contribution in [1.82, 2.24) is 4.90 Å². The van der Waals surface area contributed by atoms with E-state index in [4.69, 9.17) is 11.2 Å². The first-order valence-electron chi connectivity index (χ1n) is 3.56. The van der Waals surface area contributed by atoms with Crippen LogP contribution in [0, 0.1) is 12.3 Å². The standard InChI is InChI=1S/C8H13NO/c1-3-6-10-8-4-5-9(2)7-8/h1,8H,4-7H2,2H3/t8-/m1/s1. The number of hydrogen-bond acceptors (Lipinski definition) is 2. The van der Waals surface area contributed by atoms with E-state index in [0.29, 0.717) is 12.7 Å². The molecule has 0 N–H and O–H groups in total. The first-order chi connectivity index (χ1) is 4.83. The molecule has 0 unspecified atom stereocenters. The van der Waals surface area contributed by atoms with Gasteiger partial charge in [-0.25, -0.2) is 0 Å². The largest absolute Gasteiger partial charge is 0.364 e. The monoisotopic (exact) mass is 139 g/mol. The van der Waals surface area contributed by atoms with Crippen LogP contribution in [0.3, 0.4) is 0 Å². The lowest BCUT2D eigenvalue weighted by Gasteiger charge is -2.08. The van der Waals surface area contributed by atoms with Crippen molar-refractivity contribution in [1.29, 1.82) is 0 Å². The van der Waals surface area contributed by atoms with Gasteiger partial charge in [-0.1, -0.05) is 5.92 Å². The van der Waals surface area contributed by atoms with Gasteiger partial charge in [-0.05, 0) is 13.5 Å². The summed E-state index contributed by atoms with van der Waals surface area (Å²) in [6.45, 7) is 2.62. The normalized spacial score (nSPS) is 26.6. The van der Waals surface area contributed by atoms with Gasteiger partial charge < -0.3 is 9.64 Å². The molecule has 1 aliphatic heterocycles. The summed E-state index contributed by atoms with van der Waals surface area (Å²) in [6.07, 6.45) is 6.55. The maximum atomic E-state index is 5.34. The maximum absolute atomic E-state index is 5.34. The molecule has 1 rings (SSSR count). The molecular weight excluding hydrogens is 126 g/mol. The van der Waals surface area contributed by atoms with E-state index in [9.17, 15) is 0 Å².